The van der Waals surface area contributed by atoms with Gasteiger partial charge < -0.3 is 4.90 Å². The van der Waals surface area contributed by atoms with Gasteiger partial charge >= 0.3 is 0 Å². The second kappa shape index (κ2) is 6.04. The highest BCUT2D eigenvalue weighted by Crippen LogP contribution is 2.22. The largest absolute Gasteiger partial charge is 0.305 e. The molecule has 1 saturated heterocycles. The van der Waals surface area contributed by atoms with Gasteiger partial charge in [0, 0.05) is 42.8 Å². The van der Waals surface area contributed by atoms with Crippen LogP contribution >= 0.6 is 11.5 Å². The first-order chi connectivity index (χ1) is 9.72. The molecule has 1 atom stereocenters. The van der Waals surface area contributed by atoms with Crippen LogP contribution in [0.15, 0.2) is 35.8 Å². The summed E-state index contributed by atoms with van der Waals surface area (Å²) in [7, 11) is 4.36. The molecule has 20 heavy (non-hydrogen) atoms. The molecule has 0 bridgehead atoms. The lowest BCUT2D eigenvalue weighted by atomic mass is 10.1. The van der Waals surface area contributed by atoms with Crippen molar-refractivity contribution < 1.29 is 0 Å². The van der Waals surface area contributed by atoms with E-state index in [9.17, 15) is 0 Å². The van der Waals surface area contributed by atoms with Gasteiger partial charge in [0.25, 0.3) is 0 Å². The summed E-state index contributed by atoms with van der Waals surface area (Å²) in [5.41, 5.74) is 3.88. The average Bonchev–Trinajstić information content (AvgIpc) is 3.10. The Bertz CT molecular complexity index is 533. The first-order valence-corrected chi connectivity index (χ1v) is 7.93. The molecule has 0 radical (unpaired) electrons. The maximum Gasteiger partial charge on any atom is 0.0485 e. The van der Waals surface area contributed by atoms with E-state index in [-0.39, 0.29) is 0 Å². The van der Waals surface area contributed by atoms with E-state index >= 15 is 0 Å². The van der Waals surface area contributed by atoms with Crippen LogP contribution in [0.4, 0.5) is 0 Å². The van der Waals surface area contributed by atoms with Crippen molar-refractivity contribution in [1.29, 1.82) is 0 Å². The van der Waals surface area contributed by atoms with Gasteiger partial charge in [0.2, 0.25) is 0 Å². The summed E-state index contributed by atoms with van der Waals surface area (Å²) in [5.74, 6) is 0. The number of hydrogen-bond donors (Lipinski definition) is 0. The summed E-state index contributed by atoms with van der Waals surface area (Å²) in [6.07, 6.45) is 3.22. The van der Waals surface area contributed by atoms with Crippen LogP contribution in [0.2, 0.25) is 0 Å². The molecule has 1 aliphatic rings. The van der Waals surface area contributed by atoms with Crippen molar-refractivity contribution in [2.24, 2.45) is 0 Å². The summed E-state index contributed by atoms with van der Waals surface area (Å²) in [4.78, 5) is 4.89. The Morgan fingerprint density at radius 3 is 2.65 bits per heavy atom. The molecule has 0 N–H and O–H groups in total. The normalized spacial score (nSPS) is 19.9. The molecule has 0 amide bonds. The highest BCUT2D eigenvalue weighted by atomic mass is 32.1. The Hall–Kier alpha value is -1.23. The minimum absolute atomic E-state index is 0.714. The van der Waals surface area contributed by atoms with Crippen LogP contribution in [-0.4, -0.2) is 47.4 Å². The quantitative estimate of drug-likeness (QED) is 0.862. The fourth-order valence-corrected chi connectivity index (χ4v) is 3.33. The molecule has 1 aliphatic heterocycles. The molecule has 2 aromatic rings. The Labute approximate surface area is 125 Å². The molecule has 3 rings (SSSR count). The Morgan fingerprint density at radius 2 is 2.05 bits per heavy atom. The van der Waals surface area contributed by atoms with E-state index in [2.05, 4.69) is 57.9 Å². The number of aromatic nitrogens is 1. The van der Waals surface area contributed by atoms with Gasteiger partial charge in [-0.3, -0.25) is 4.90 Å². The number of likely N-dealkylation sites (N-methyl/N-ethyl adjacent to an activating group) is 1. The van der Waals surface area contributed by atoms with Crippen LogP contribution in [0.5, 0.6) is 0 Å². The molecule has 0 spiro atoms. The zero-order valence-electron chi connectivity index (χ0n) is 12.1. The van der Waals surface area contributed by atoms with Gasteiger partial charge in [-0.2, -0.15) is 0 Å². The average molecular weight is 287 g/mol. The molecule has 1 aromatic heterocycles. The van der Waals surface area contributed by atoms with Crippen molar-refractivity contribution in [3.05, 3.63) is 41.4 Å². The number of rotatable bonds is 4. The molecule has 2 heterocycles. The third-order valence-electron chi connectivity index (χ3n) is 4.10. The molecule has 106 valence electrons. The summed E-state index contributed by atoms with van der Waals surface area (Å²) >= 11 is 1.50. The minimum atomic E-state index is 0.714. The van der Waals surface area contributed by atoms with Crippen LogP contribution < -0.4 is 0 Å². The standard InChI is InChI=1S/C16H21N3S/c1-18(2)16-7-8-19(11-16)10-13-3-5-14(6-4-13)15-9-17-20-12-15/h3-6,9,12,16H,7-8,10-11H2,1-2H3. The van der Waals surface area contributed by atoms with E-state index in [1.54, 1.807) is 0 Å². The molecular formula is C16H21N3S. The third-order valence-corrected chi connectivity index (χ3v) is 4.69. The second-order valence-corrected chi connectivity index (χ2v) is 6.41. The monoisotopic (exact) mass is 287 g/mol. The number of nitrogens with zero attached hydrogens (tertiary/aromatic N) is 3. The fourth-order valence-electron chi connectivity index (χ4n) is 2.79. The summed E-state index contributed by atoms with van der Waals surface area (Å²) in [5, 5.41) is 2.09. The Morgan fingerprint density at radius 1 is 1.25 bits per heavy atom. The van der Waals surface area contributed by atoms with E-state index in [0.29, 0.717) is 6.04 Å². The van der Waals surface area contributed by atoms with Gasteiger partial charge in [-0.05, 0) is 43.2 Å². The smallest absolute Gasteiger partial charge is 0.0485 e. The lowest BCUT2D eigenvalue weighted by Gasteiger charge is -2.20. The van der Waals surface area contributed by atoms with Gasteiger partial charge in [0.05, 0.1) is 0 Å². The van der Waals surface area contributed by atoms with Crippen LogP contribution in [0.1, 0.15) is 12.0 Å². The Kier molecular flexibility index (Phi) is 4.15. The van der Waals surface area contributed by atoms with E-state index in [1.165, 1.54) is 47.7 Å². The first-order valence-electron chi connectivity index (χ1n) is 7.10. The van der Waals surface area contributed by atoms with Crippen molar-refractivity contribution >= 4 is 11.5 Å². The maximum absolute atomic E-state index is 4.16. The summed E-state index contributed by atoms with van der Waals surface area (Å²) < 4.78 is 4.16. The fraction of sp³-hybridized carbons (Fsp3) is 0.438. The van der Waals surface area contributed by atoms with Crippen molar-refractivity contribution in [3.63, 3.8) is 0 Å². The van der Waals surface area contributed by atoms with Crippen LogP contribution in [0.3, 0.4) is 0 Å². The van der Waals surface area contributed by atoms with Gasteiger partial charge in [-0.25, -0.2) is 4.37 Å². The van der Waals surface area contributed by atoms with Gasteiger partial charge in [-0.15, -0.1) is 0 Å². The molecule has 3 nitrogen and oxygen atoms in total. The molecule has 1 fully saturated rings. The lowest BCUT2D eigenvalue weighted by Crippen LogP contribution is -2.31. The first kappa shape index (κ1) is 13.7. The number of likely N-dealkylation sites (tertiary alicyclic amines) is 1. The highest BCUT2D eigenvalue weighted by molar-refractivity contribution is 7.03. The molecule has 4 heteroatoms. The van der Waals surface area contributed by atoms with E-state index in [1.807, 2.05) is 6.20 Å². The zero-order valence-corrected chi connectivity index (χ0v) is 12.9. The topological polar surface area (TPSA) is 19.4 Å². The van der Waals surface area contributed by atoms with Gasteiger partial charge in [-0.1, -0.05) is 24.3 Å². The molecule has 1 aromatic carbocycles. The van der Waals surface area contributed by atoms with E-state index in [4.69, 9.17) is 0 Å². The van der Waals surface area contributed by atoms with Crippen molar-refractivity contribution in [2.75, 3.05) is 27.2 Å². The lowest BCUT2D eigenvalue weighted by molar-refractivity contribution is 0.264. The molecule has 0 saturated carbocycles. The summed E-state index contributed by atoms with van der Waals surface area (Å²) in [6, 6.07) is 9.62. The molecule has 1 unspecified atom stereocenters. The number of benzene rings is 1. The van der Waals surface area contributed by atoms with Gasteiger partial charge in [0.15, 0.2) is 0 Å². The van der Waals surface area contributed by atoms with Crippen LogP contribution in [0.25, 0.3) is 11.1 Å². The Balaban J connectivity index is 1.62. The van der Waals surface area contributed by atoms with Crippen molar-refractivity contribution in [2.45, 2.75) is 19.0 Å². The van der Waals surface area contributed by atoms with E-state index in [0.717, 1.165) is 6.54 Å². The van der Waals surface area contributed by atoms with Crippen molar-refractivity contribution in [3.8, 4) is 11.1 Å². The third kappa shape index (κ3) is 3.08. The highest BCUT2D eigenvalue weighted by Gasteiger charge is 2.23. The van der Waals surface area contributed by atoms with Crippen LogP contribution in [-0.2, 0) is 6.54 Å². The zero-order chi connectivity index (χ0) is 13.9. The minimum Gasteiger partial charge on any atom is -0.305 e. The number of hydrogen-bond acceptors (Lipinski definition) is 4. The van der Waals surface area contributed by atoms with Crippen molar-refractivity contribution in [1.82, 2.24) is 14.2 Å². The predicted molar refractivity (Wildman–Crippen MR) is 84.9 cm³/mol. The molecular weight excluding hydrogens is 266 g/mol. The second-order valence-electron chi connectivity index (χ2n) is 5.75. The molecule has 0 aliphatic carbocycles. The SMILES string of the molecule is CN(C)C1CCN(Cc2ccc(-c3cnsc3)cc2)C1. The van der Waals surface area contributed by atoms with Gasteiger partial charge in [0.1, 0.15) is 0 Å². The summed E-state index contributed by atoms with van der Waals surface area (Å²) in [6.45, 7) is 3.45. The maximum atomic E-state index is 4.16. The van der Waals surface area contributed by atoms with E-state index < -0.39 is 0 Å². The predicted octanol–water partition coefficient (Wildman–Crippen LogP) is 2.95. The van der Waals surface area contributed by atoms with Crippen LogP contribution in [0, 0.1) is 0 Å².